The molecule has 2 fully saturated rings. The lowest BCUT2D eigenvalue weighted by Gasteiger charge is -2.55. The Morgan fingerprint density at radius 2 is 1.33 bits per heavy atom. The third-order valence-electron chi connectivity index (χ3n) is 12.3. The summed E-state index contributed by atoms with van der Waals surface area (Å²) in [6, 6.07) is 21.1. The average Bonchev–Trinajstić information content (AvgIpc) is 3.56. The highest BCUT2D eigenvalue weighted by molar-refractivity contribution is 7.89. The number of benzene rings is 4. The van der Waals surface area contributed by atoms with E-state index in [4.69, 9.17) is 9.15 Å². The number of hydrogen-bond acceptors (Lipinski definition) is 7. The van der Waals surface area contributed by atoms with Crippen molar-refractivity contribution < 1.29 is 39.7 Å². The molecular weight excluding hydrogens is 742 g/mol. The van der Waals surface area contributed by atoms with Crippen LogP contribution in [0.15, 0.2) is 116 Å². The Hall–Kier alpha value is -4.40. The Morgan fingerprint density at radius 1 is 0.727 bits per heavy atom. The maximum Gasteiger partial charge on any atom is 0.521 e. The summed E-state index contributed by atoms with van der Waals surface area (Å²) < 4.78 is 86.3. The zero-order valence-electron chi connectivity index (χ0n) is 30.8. The van der Waals surface area contributed by atoms with Crippen LogP contribution >= 0.6 is 0 Å². The molecule has 0 saturated carbocycles. The second-order valence-electron chi connectivity index (χ2n) is 15.8. The SMILES string of the molecule is CC1(C)CC=CC2=C1[N+](C1CCN(S(=O)(=O)c3ccc4oc5ccccc5c4c3)CC1)(C1CCN(S(=O)(=O)c3ccc(F)c4ccccc34)CC1)C(=O)OC2. The number of nitrogens with zero attached hydrogens (tertiary/aromatic N) is 3. The van der Waals surface area contributed by atoms with E-state index < -0.39 is 31.3 Å². The molecule has 5 aromatic rings. The van der Waals surface area contributed by atoms with Crippen molar-refractivity contribution in [2.45, 2.75) is 67.8 Å². The van der Waals surface area contributed by atoms with Crippen molar-refractivity contribution in [1.29, 1.82) is 0 Å². The minimum absolute atomic E-state index is 0.0547. The highest BCUT2D eigenvalue weighted by Gasteiger charge is 2.62. The standard InChI is InChI=1S/C42H43FN3O7S2/c1-42(2)21-7-8-28-27-52-41(47)46(40(28)42,30-19-24-45(25-20-30)55(50,51)39-16-14-36(43)32-9-3-4-11-34(32)39)29-17-22-44(23-18-29)54(48,49)31-13-15-38-35(26-31)33-10-5-6-12-37(33)53-38/h3-16,26,29-30H,17-25,27H2,1-2H3/q+1. The van der Waals surface area contributed by atoms with Gasteiger partial charge < -0.3 is 9.15 Å². The summed E-state index contributed by atoms with van der Waals surface area (Å²) in [7, 11) is -7.87. The van der Waals surface area contributed by atoms with Crippen molar-refractivity contribution in [2.75, 3.05) is 32.8 Å². The number of halogens is 1. The van der Waals surface area contributed by atoms with Crippen LogP contribution in [-0.4, -0.2) is 80.9 Å². The smallest absolute Gasteiger partial charge is 0.456 e. The number of sulfonamides is 2. The van der Waals surface area contributed by atoms with Crippen LogP contribution in [0, 0.1) is 11.2 Å². The number of amides is 1. The molecule has 4 aliphatic rings. The van der Waals surface area contributed by atoms with Crippen molar-refractivity contribution in [3.63, 3.8) is 0 Å². The van der Waals surface area contributed by atoms with Crippen LogP contribution in [0.2, 0.25) is 0 Å². The summed E-state index contributed by atoms with van der Waals surface area (Å²) in [5, 5.41) is 2.16. The zero-order chi connectivity index (χ0) is 38.3. The van der Waals surface area contributed by atoms with E-state index >= 15 is 0 Å². The number of cyclic esters (lactones) is 1. The van der Waals surface area contributed by atoms with Gasteiger partial charge in [-0.1, -0.05) is 68.5 Å². The number of carbonyl (C=O) groups excluding carboxylic acids is 1. The molecule has 1 aromatic heterocycles. The quantitative estimate of drug-likeness (QED) is 0.160. The van der Waals surface area contributed by atoms with Gasteiger partial charge in [-0.2, -0.15) is 17.9 Å². The van der Waals surface area contributed by atoms with Gasteiger partial charge >= 0.3 is 6.09 Å². The van der Waals surface area contributed by atoms with Gasteiger partial charge in [-0.15, -0.1) is 0 Å². The van der Waals surface area contributed by atoms with Gasteiger partial charge in [0.25, 0.3) is 0 Å². The molecule has 55 heavy (non-hydrogen) atoms. The molecule has 1 atom stereocenters. The normalized spacial score (nSPS) is 23.4. The number of hydrogen-bond donors (Lipinski definition) is 0. The number of fused-ring (bicyclic) bond motifs is 4. The molecule has 10 nitrogen and oxygen atoms in total. The Bertz CT molecular complexity index is 2670. The first-order valence-electron chi connectivity index (χ1n) is 18.9. The number of rotatable bonds is 6. The molecule has 0 spiro atoms. The number of piperidine rings is 2. The molecular formula is C42H43FN3O7S2+. The summed E-state index contributed by atoms with van der Waals surface area (Å²) in [4.78, 5) is 14.9. The fourth-order valence-electron chi connectivity index (χ4n) is 9.85. The van der Waals surface area contributed by atoms with Crippen LogP contribution in [0.4, 0.5) is 9.18 Å². The van der Waals surface area contributed by atoms with E-state index in [0.717, 1.165) is 28.5 Å². The van der Waals surface area contributed by atoms with Gasteiger partial charge in [-0.3, -0.25) is 0 Å². The molecule has 1 unspecified atom stereocenters. The Morgan fingerprint density at radius 3 is 2.02 bits per heavy atom. The lowest BCUT2D eigenvalue weighted by atomic mass is 9.75. The van der Waals surface area contributed by atoms with Crippen LogP contribution in [0.3, 0.4) is 0 Å². The van der Waals surface area contributed by atoms with Gasteiger partial charge in [0.2, 0.25) is 20.0 Å². The molecule has 286 valence electrons. The van der Waals surface area contributed by atoms with Crippen LogP contribution in [0.25, 0.3) is 32.7 Å². The molecule has 3 aliphatic heterocycles. The number of furan rings is 1. The van der Waals surface area contributed by atoms with Crippen molar-refractivity contribution in [3.05, 3.63) is 108 Å². The Labute approximate surface area is 320 Å². The highest BCUT2D eigenvalue weighted by atomic mass is 32.2. The van der Waals surface area contributed by atoms with Crippen LogP contribution in [-0.2, 0) is 24.8 Å². The van der Waals surface area contributed by atoms with Gasteiger partial charge in [-0.05, 0) is 42.8 Å². The minimum Gasteiger partial charge on any atom is -0.456 e. The largest absolute Gasteiger partial charge is 0.521 e. The first kappa shape index (κ1) is 36.3. The summed E-state index contributed by atoms with van der Waals surface area (Å²) in [6.07, 6.45) is 6.15. The molecule has 4 aromatic carbocycles. The summed E-state index contributed by atoms with van der Waals surface area (Å²) in [6.45, 7) is 5.23. The number of para-hydroxylation sites is 1. The van der Waals surface area contributed by atoms with Gasteiger partial charge in [0.15, 0.2) is 0 Å². The van der Waals surface area contributed by atoms with Crippen molar-refractivity contribution >= 4 is 58.9 Å². The van der Waals surface area contributed by atoms with Gasteiger partial charge in [0, 0.05) is 84.4 Å². The van der Waals surface area contributed by atoms with E-state index in [2.05, 4.69) is 26.0 Å². The second-order valence-corrected chi connectivity index (χ2v) is 19.7. The van der Waals surface area contributed by atoms with Crippen LogP contribution < -0.4 is 0 Å². The minimum atomic E-state index is -4.00. The van der Waals surface area contributed by atoms with E-state index in [0.29, 0.717) is 42.2 Å². The van der Waals surface area contributed by atoms with E-state index in [-0.39, 0.29) is 70.6 Å². The Kier molecular flexibility index (Phi) is 8.63. The predicted octanol–water partition coefficient (Wildman–Crippen LogP) is 8.09. The molecule has 13 heteroatoms. The summed E-state index contributed by atoms with van der Waals surface area (Å²) >= 11 is 0. The lowest BCUT2D eigenvalue weighted by molar-refractivity contribution is -0.882. The van der Waals surface area contributed by atoms with E-state index in [1.807, 2.05) is 24.3 Å². The first-order valence-corrected chi connectivity index (χ1v) is 21.8. The third kappa shape index (κ3) is 5.60. The maximum absolute atomic E-state index is 14.7. The topological polar surface area (TPSA) is 114 Å². The van der Waals surface area contributed by atoms with Crippen LogP contribution in [0.5, 0.6) is 0 Å². The molecule has 1 aliphatic carbocycles. The van der Waals surface area contributed by atoms with E-state index in [1.165, 1.54) is 20.7 Å². The molecule has 2 saturated heterocycles. The monoisotopic (exact) mass is 784 g/mol. The Balaban J connectivity index is 1.03. The van der Waals surface area contributed by atoms with Crippen molar-refractivity contribution in [2.24, 2.45) is 5.41 Å². The van der Waals surface area contributed by atoms with E-state index in [9.17, 15) is 26.0 Å². The number of allylic oxidation sites excluding steroid dienone is 2. The van der Waals surface area contributed by atoms with Gasteiger partial charge in [-0.25, -0.2) is 21.2 Å². The molecule has 9 rings (SSSR count). The fraction of sp³-hybridized carbons (Fsp3) is 0.357. The first-order chi connectivity index (χ1) is 26.3. The average molecular weight is 785 g/mol. The zero-order valence-corrected chi connectivity index (χ0v) is 32.4. The van der Waals surface area contributed by atoms with Crippen molar-refractivity contribution in [3.8, 4) is 0 Å². The number of ether oxygens (including phenoxy) is 1. The highest BCUT2D eigenvalue weighted by Crippen LogP contribution is 2.52. The molecule has 4 heterocycles. The van der Waals surface area contributed by atoms with Crippen molar-refractivity contribution in [1.82, 2.24) is 8.61 Å². The maximum atomic E-state index is 14.7. The summed E-state index contributed by atoms with van der Waals surface area (Å²) in [5.41, 5.74) is 2.87. The molecule has 0 N–H and O–H groups in total. The van der Waals surface area contributed by atoms with Gasteiger partial charge in [0.05, 0.1) is 9.79 Å². The number of quaternary nitrogens is 1. The molecule has 1 amide bonds. The summed E-state index contributed by atoms with van der Waals surface area (Å²) in [5.74, 6) is -0.483. The fourth-order valence-corrected chi connectivity index (χ4v) is 13.0. The van der Waals surface area contributed by atoms with E-state index in [1.54, 1.807) is 42.5 Å². The second kappa shape index (κ2) is 13.1. The van der Waals surface area contributed by atoms with Crippen LogP contribution in [0.1, 0.15) is 46.0 Å². The lowest BCUT2D eigenvalue weighted by Crippen LogP contribution is -2.71. The molecule has 0 bridgehead atoms. The number of carbonyl (C=O) groups is 1. The molecule has 0 radical (unpaired) electrons. The third-order valence-corrected chi connectivity index (χ3v) is 16.2. The predicted molar refractivity (Wildman–Crippen MR) is 207 cm³/mol. The van der Waals surface area contributed by atoms with Gasteiger partial charge in [0.1, 0.15) is 41.4 Å².